The van der Waals surface area contributed by atoms with Gasteiger partial charge in [-0.3, -0.25) is 0 Å². The average Bonchev–Trinajstić information content (AvgIpc) is 2.85. The van der Waals surface area contributed by atoms with Crippen molar-refractivity contribution in [3.05, 3.63) is 59.1 Å². The van der Waals surface area contributed by atoms with E-state index in [1.807, 2.05) is 6.92 Å². The molecule has 0 bridgehead atoms. The minimum absolute atomic E-state index is 0.847. The number of hydrogen-bond donors (Lipinski definition) is 0. The highest BCUT2D eigenvalue weighted by Gasteiger charge is 2.06. The first-order valence-electron chi connectivity index (χ1n) is 6.94. The molecule has 0 amide bonds. The Morgan fingerprint density at radius 1 is 0.810 bits per heavy atom. The van der Waals surface area contributed by atoms with E-state index in [9.17, 15) is 0 Å². The van der Waals surface area contributed by atoms with Gasteiger partial charge in [0.25, 0.3) is 0 Å². The van der Waals surface area contributed by atoms with Crippen LogP contribution in [0.3, 0.4) is 0 Å². The predicted octanol–water partition coefficient (Wildman–Crippen LogP) is 5.13. The number of benzene rings is 2. The third-order valence-corrected chi connectivity index (χ3v) is 4.58. The van der Waals surface area contributed by atoms with Gasteiger partial charge in [0, 0.05) is 5.56 Å². The van der Waals surface area contributed by atoms with Gasteiger partial charge in [-0.15, -0.1) is 11.3 Å². The van der Waals surface area contributed by atoms with Gasteiger partial charge in [0.1, 0.15) is 0 Å². The lowest BCUT2D eigenvalue weighted by Gasteiger charge is -2.04. The fourth-order valence-corrected chi connectivity index (χ4v) is 3.38. The van der Waals surface area contributed by atoms with Gasteiger partial charge in [0.05, 0.1) is 15.4 Å². The second kappa shape index (κ2) is 4.64. The molecule has 0 atom stereocenters. The topological polar surface area (TPSA) is 25.8 Å². The van der Waals surface area contributed by atoms with E-state index in [1.165, 1.54) is 16.3 Å². The molecule has 0 aliphatic heterocycles. The van der Waals surface area contributed by atoms with Crippen molar-refractivity contribution in [3.8, 4) is 11.3 Å². The fourth-order valence-electron chi connectivity index (χ4n) is 2.61. The summed E-state index contributed by atoms with van der Waals surface area (Å²) < 4.78 is 1.15. The molecule has 0 spiro atoms. The predicted molar refractivity (Wildman–Crippen MR) is 89.8 cm³/mol. The van der Waals surface area contributed by atoms with Crippen LogP contribution in [0.4, 0.5) is 0 Å². The minimum atomic E-state index is 0.847. The van der Waals surface area contributed by atoms with Crippen molar-refractivity contribution in [2.75, 3.05) is 0 Å². The molecule has 0 saturated heterocycles. The zero-order valence-electron chi connectivity index (χ0n) is 11.9. The van der Waals surface area contributed by atoms with Crippen molar-refractivity contribution in [2.24, 2.45) is 0 Å². The first-order chi connectivity index (χ1) is 10.2. The number of hydrogen-bond acceptors (Lipinski definition) is 3. The maximum Gasteiger partial charge on any atom is 0.171 e. The Morgan fingerprint density at radius 3 is 2.57 bits per heavy atom. The molecule has 4 rings (SSSR count). The third-order valence-electron chi connectivity index (χ3n) is 3.65. The molecule has 0 saturated carbocycles. The lowest BCUT2D eigenvalue weighted by molar-refractivity contribution is 1.27. The number of rotatable bonds is 1. The summed E-state index contributed by atoms with van der Waals surface area (Å²) in [5.41, 5.74) is 4.24. The van der Waals surface area contributed by atoms with E-state index in [2.05, 4.69) is 60.4 Å². The lowest BCUT2D eigenvalue weighted by Crippen LogP contribution is -1.85. The van der Waals surface area contributed by atoms with Crippen molar-refractivity contribution >= 4 is 32.5 Å². The summed E-state index contributed by atoms with van der Waals surface area (Å²) in [6.07, 6.45) is 0. The van der Waals surface area contributed by atoms with Crippen LogP contribution in [0.25, 0.3) is 32.4 Å². The number of nitrogens with zero attached hydrogens (tertiary/aromatic N) is 2. The van der Waals surface area contributed by atoms with Gasteiger partial charge in [-0.1, -0.05) is 35.9 Å². The van der Waals surface area contributed by atoms with Crippen LogP contribution in [0.15, 0.2) is 48.5 Å². The summed E-state index contributed by atoms with van der Waals surface area (Å²) >= 11 is 1.69. The van der Waals surface area contributed by atoms with Crippen LogP contribution in [-0.4, -0.2) is 9.97 Å². The SMILES string of the molecule is Cc1ccc2ccc(-c3ccc4sc(C)nc4n3)cc2c1. The van der Waals surface area contributed by atoms with Gasteiger partial charge >= 0.3 is 0 Å². The first-order valence-corrected chi connectivity index (χ1v) is 7.76. The van der Waals surface area contributed by atoms with Crippen molar-refractivity contribution in [1.29, 1.82) is 0 Å². The maximum absolute atomic E-state index is 4.69. The monoisotopic (exact) mass is 290 g/mol. The summed E-state index contributed by atoms with van der Waals surface area (Å²) in [6.45, 7) is 4.14. The van der Waals surface area contributed by atoms with Crippen LogP contribution in [0, 0.1) is 13.8 Å². The van der Waals surface area contributed by atoms with Crippen molar-refractivity contribution in [2.45, 2.75) is 13.8 Å². The zero-order chi connectivity index (χ0) is 14.4. The molecular formula is C18H14N2S. The average molecular weight is 290 g/mol. The molecule has 2 nitrogen and oxygen atoms in total. The highest BCUT2D eigenvalue weighted by Crippen LogP contribution is 2.27. The zero-order valence-corrected chi connectivity index (χ0v) is 12.7. The van der Waals surface area contributed by atoms with Gasteiger partial charge < -0.3 is 0 Å². The van der Waals surface area contributed by atoms with Crippen LogP contribution in [0.2, 0.25) is 0 Å². The summed E-state index contributed by atoms with van der Waals surface area (Å²) in [5.74, 6) is 0. The Hall–Kier alpha value is -2.26. The Bertz CT molecular complexity index is 969. The van der Waals surface area contributed by atoms with E-state index in [4.69, 9.17) is 4.98 Å². The van der Waals surface area contributed by atoms with Crippen molar-refractivity contribution < 1.29 is 0 Å². The van der Waals surface area contributed by atoms with Gasteiger partial charge in [0.2, 0.25) is 0 Å². The van der Waals surface area contributed by atoms with E-state index in [1.54, 1.807) is 11.3 Å². The highest BCUT2D eigenvalue weighted by atomic mass is 32.1. The highest BCUT2D eigenvalue weighted by molar-refractivity contribution is 7.18. The molecule has 102 valence electrons. The largest absolute Gasteiger partial charge is 0.227 e. The number of fused-ring (bicyclic) bond motifs is 2. The Labute approximate surface area is 127 Å². The van der Waals surface area contributed by atoms with Crippen LogP contribution in [-0.2, 0) is 0 Å². The quantitative estimate of drug-likeness (QED) is 0.486. The number of thiazole rings is 1. The van der Waals surface area contributed by atoms with Gasteiger partial charge in [0.15, 0.2) is 5.65 Å². The van der Waals surface area contributed by atoms with E-state index in [-0.39, 0.29) is 0 Å². The Kier molecular flexibility index (Phi) is 2.76. The van der Waals surface area contributed by atoms with Crippen molar-refractivity contribution in [3.63, 3.8) is 0 Å². The van der Waals surface area contributed by atoms with Gasteiger partial charge in [-0.05, 0) is 42.8 Å². The third kappa shape index (κ3) is 2.20. The van der Waals surface area contributed by atoms with E-state index in [0.717, 1.165) is 26.6 Å². The molecule has 2 heterocycles. The lowest BCUT2D eigenvalue weighted by atomic mass is 10.0. The number of aromatic nitrogens is 2. The molecule has 0 unspecified atom stereocenters. The molecule has 0 aliphatic rings. The standard InChI is InChI=1S/C18H14N2S/c1-11-3-4-13-5-6-14(10-15(13)9-11)16-7-8-17-18(20-16)19-12(2)21-17/h3-10H,1-2H3. The molecule has 4 aromatic rings. The summed E-state index contributed by atoms with van der Waals surface area (Å²) in [7, 11) is 0. The van der Waals surface area contributed by atoms with Crippen molar-refractivity contribution in [1.82, 2.24) is 9.97 Å². The molecule has 21 heavy (non-hydrogen) atoms. The van der Waals surface area contributed by atoms with Gasteiger partial charge in [-0.2, -0.15) is 0 Å². The molecular weight excluding hydrogens is 276 g/mol. The molecule has 0 N–H and O–H groups in total. The number of pyridine rings is 1. The van der Waals surface area contributed by atoms with Crippen LogP contribution in [0.1, 0.15) is 10.6 Å². The smallest absolute Gasteiger partial charge is 0.171 e. The number of aryl methyl sites for hydroxylation is 2. The molecule has 0 fully saturated rings. The Balaban J connectivity index is 1.90. The fraction of sp³-hybridized carbons (Fsp3) is 0.111. The first kappa shape index (κ1) is 12.5. The van der Waals surface area contributed by atoms with E-state index < -0.39 is 0 Å². The van der Waals surface area contributed by atoms with Gasteiger partial charge in [-0.25, -0.2) is 9.97 Å². The normalized spacial score (nSPS) is 11.3. The summed E-state index contributed by atoms with van der Waals surface area (Å²) in [4.78, 5) is 9.18. The molecule has 0 radical (unpaired) electrons. The van der Waals surface area contributed by atoms with Crippen LogP contribution in [0.5, 0.6) is 0 Å². The molecule has 0 aliphatic carbocycles. The van der Waals surface area contributed by atoms with Crippen LogP contribution < -0.4 is 0 Å². The minimum Gasteiger partial charge on any atom is -0.227 e. The summed E-state index contributed by atoms with van der Waals surface area (Å²) in [6, 6.07) is 17.2. The maximum atomic E-state index is 4.69. The molecule has 2 aromatic carbocycles. The van der Waals surface area contributed by atoms with E-state index in [0.29, 0.717) is 0 Å². The molecule has 3 heteroatoms. The van der Waals surface area contributed by atoms with Crippen LogP contribution >= 0.6 is 11.3 Å². The second-order valence-corrected chi connectivity index (χ2v) is 6.55. The van der Waals surface area contributed by atoms with E-state index >= 15 is 0 Å². The summed E-state index contributed by atoms with van der Waals surface area (Å²) in [5, 5.41) is 3.57. The molecule has 2 aromatic heterocycles. The Morgan fingerprint density at radius 2 is 1.67 bits per heavy atom. The second-order valence-electron chi connectivity index (χ2n) is 5.32.